The van der Waals surface area contributed by atoms with Crippen LogP contribution >= 0.6 is 11.6 Å². The van der Waals surface area contributed by atoms with Gasteiger partial charge in [0, 0.05) is 17.3 Å². The Morgan fingerprint density at radius 2 is 1.80 bits per heavy atom. The van der Waals surface area contributed by atoms with E-state index in [0.717, 1.165) is 4.31 Å². The summed E-state index contributed by atoms with van der Waals surface area (Å²) in [5, 5.41) is 3.01. The Morgan fingerprint density at radius 1 is 1.13 bits per heavy atom. The van der Waals surface area contributed by atoms with Gasteiger partial charge in [-0.15, -0.1) is 0 Å². The zero-order valence-electron chi connectivity index (χ0n) is 16.2. The highest BCUT2D eigenvalue weighted by molar-refractivity contribution is 7.89. The van der Waals surface area contributed by atoms with E-state index in [1.165, 1.54) is 31.4 Å². The summed E-state index contributed by atoms with van der Waals surface area (Å²) in [7, 11) is -2.35. The van der Waals surface area contributed by atoms with E-state index >= 15 is 0 Å². The van der Waals surface area contributed by atoms with E-state index in [1.807, 2.05) is 0 Å². The molecule has 10 heteroatoms. The standard InChI is InChI=1S/C20H21ClN2O6S/c1-28-16-8-6-15(7-9-16)22-19(24)13-29-20(25)18-3-2-12-23(18)30(26,27)17-10-4-14(21)5-11-17/h4-11,18H,2-3,12-13H2,1H3,(H,22,24)/t18-/m1/s1. The number of nitrogens with one attached hydrogen (secondary N) is 1. The number of anilines is 1. The predicted molar refractivity (Wildman–Crippen MR) is 111 cm³/mol. The fourth-order valence-corrected chi connectivity index (χ4v) is 4.88. The molecule has 2 aromatic rings. The number of hydrogen-bond donors (Lipinski definition) is 1. The van der Waals surface area contributed by atoms with E-state index in [0.29, 0.717) is 29.3 Å². The van der Waals surface area contributed by atoms with Crippen LogP contribution in [0.25, 0.3) is 0 Å². The second-order valence-electron chi connectivity index (χ2n) is 6.61. The average Bonchev–Trinajstić information content (AvgIpc) is 3.24. The third-order valence-corrected chi connectivity index (χ3v) is 6.79. The molecule has 0 aliphatic carbocycles. The third kappa shape index (κ3) is 5.10. The summed E-state index contributed by atoms with van der Waals surface area (Å²) in [6, 6.07) is 11.4. The molecule has 8 nitrogen and oxygen atoms in total. The quantitative estimate of drug-likeness (QED) is 0.648. The number of methoxy groups -OCH3 is 1. The maximum atomic E-state index is 12.9. The van der Waals surface area contributed by atoms with Gasteiger partial charge in [0.15, 0.2) is 6.61 Å². The van der Waals surface area contributed by atoms with Crippen molar-refractivity contribution in [3.05, 3.63) is 53.6 Å². The number of sulfonamides is 1. The van der Waals surface area contributed by atoms with Crippen LogP contribution in [0.1, 0.15) is 12.8 Å². The lowest BCUT2D eigenvalue weighted by Gasteiger charge is -2.22. The monoisotopic (exact) mass is 452 g/mol. The number of benzene rings is 2. The van der Waals surface area contributed by atoms with Gasteiger partial charge in [-0.05, 0) is 61.4 Å². The molecule has 0 unspecified atom stereocenters. The lowest BCUT2D eigenvalue weighted by atomic mass is 10.2. The summed E-state index contributed by atoms with van der Waals surface area (Å²) in [5.74, 6) is -0.642. The van der Waals surface area contributed by atoms with E-state index in [1.54, 1.807) is 24.3 Å². The Hall–Kier alpha value is -2.62. The maximum absolute atomic E-state index is 12.9. The minimum atomic E-state index is -3.88. The van der Waals surface area contributed by atoms with Crippen LogP contribution in [-0.2, 0) is 24.3 Å². The maximum Gasteiger partial charge on any atom is 0.324 e. The highest BCUT2D eigenvalue weighted by atomic mass is 35.5. The Morgan fingerprint density at radius 3 is 2.43 bits per heavy atom. The molecule has 0 spiro atoms. The zero-order valence-corrected chi connectivity index (χ0v) is 17.8. The number of nitrogens with zero attached hydrogens (tertiary/aromatic N) is 1. The number of halogens is 1. The van der Waals surface area contributed by atoms with Crippen molar-refractivity contribution in [2.75, 3.05) is 25.6 Å². The second-order valence-corrected chi connectivity index (χ2v) is 8.94. The molecule has 0 aromatic heterocycles. The van der Waals surface area contributed by atoms with Crippen LogP contribution < -0.4 is 10.1 Å². The molecule has 0 radical (unpaired) electrons. The van der Waals surface area contributed by atoms with Crippen LogP contribution in [-0.4, -0.2) is 50.9 Å². The van der Waals surface area contributed by atoms with Gasteiger partial charge in [-0.1, -0.05) is 11.6 Å². The molecule has 3 rings (SSSR count). The largest absolute Gasteiger partial charge is 0.497 e. The summed E-state index contributed by atoms with van der Waals surface area (Å²) < 4.78 is 37.0. The topological polar surface area (TPSA) is 102 Å². The van der Waals surface area contributed by atoms with Gasteiger partial charge in [0.05, 0.1) is 12.0 Å². The van der Waals surface area contributed by atoms with Gasteiger partial charge in [0.25, 0.3) is 5.91 Å². The van der Waals surface area contributed by atoms with E-state index in [2.05, 4.69) is 5.32 Å². The van der Waals surface area contributed by atoms with Crippen LogP contribution in [0.2, 0.25) is 5.02 Å². The normalized spacial score (nSPS) is 16.8. The summed E-state index contributed by atoms with van der Waals surface area (Å²) in [6.45, 7) is -0.320. The molecule has 1 fully saturated rings. The van der Waals surface area contributed by atoms with Crippen LogP contribution in [0.3, 0.4) is 0 Å². The minimum Gasteiger partial charge on any atom is -0.497 e. The molecule has 2 aromatic carbocycles. The fraction of sp³-hybridized carbons (Fsp3) is 0.300. The van der Waals surface area contributed by atoms with Crippen molar-refractivity contribution in [2.45, 2.75) is 23.8 Å². The number of amides is 1. The van der Waals surface area contributed by atoms with E-state index in [-0.39, 0.29) is 11.4 Å². The first kappa shape index (κ1) is 22.1. The van der Waals surface area contributed by atoms with Crippen LogP contribution in [0.15, 0.2) is 53.4 Å². The van der Waals surface area contributed by atoms with Gasteiger partial charge in [-0.25, -0.2) is 8.42 Å². The average molecular weight is 453 g/mol. The van der Waals surface area contributed by atoms with Crippen LogP contribution in [0, 0.1) is 0 Å². The van der Waals surface area contributed by atoms with Gasteiger partial charge in [-0.2, -0.15) is 4.31 Å². The van der Waals surface area contributed by atoms with Crippen molar-refractivity contribution in [3.8, 4) is 5.75 Å². The molecule has 30 heavy (non-hydrogen) atoms. The molecular weight excluding hydrogens is 432 g/mol. The molecule has 1 aliphatic heterocycles. The highest BCUT2D eigenvalue weighted by Crippen LogP contribution is 2.27. The summed E-state index contributed by atoms with van der Waals surface area (Å²) in [5.41, 5.74) is 0.518. The Balaban J connectivity index is 1.60. The minimum absolute atomic E-state index is 0.0452. The van der Waals surface area contributed by atoms with Gasteiger partial charge in [0.1, 0.15) is 11.8 Å². The Labute approximate surface area is 179 Å². The first-order valence-electron chi connectivity index (χ1n) is 9.19. The molecule has 1 heterocycles. The van der Waals surface area contributed by atoms with E-state index < -0.39 is 34.5 Å². The second kappa shape index (κ2) is 9.46. The fourth-order valence-electron chi connectivity index (χ4n) is 3.11. The molecule has 1 aliphatic rings. The molecule has 0 saturated carbocycles. The van der Waals surface area contributed by atoms with Crippen molar-refractivity contribution < 1.29 is 27.5 Å². The SMILES string of the molecule is COc1ccc(NC(=O)COC(=O)[C@H]2CCCN2S(=O)(=O)c2ccc(Cl)cc2)cc1. The van der Waals surface area contributed by atoms with Crippen LogP contribution in [0.4, 0.5) is 5.69 Å². The number of rotatable bonds is 7. The predicted octanol–water partition coefficient (Wildman–Crippen LogP) is 2.68. The van der Waals surface area contributed by atoms with Crippen molar-refractivity contribution in [2.24, 2.45) is 0 Å². The third-order valence-electron chi connectivity index (χ3n) is 4.62. The molecule has 1 N–H and O–H groups in total. The Bertz CT molecular complexity index is 1010. The number of carbonyl (C=O) groups excluding carboxylic acids is 2. The summed E-state index contributed by atoms with van der Waals surface area (Å²) in [4.78, 5) is 24.6. The molecule has 0 bridgehead atoms. The molecule has 160 valence electrons. The smallest absolute Gasteiger partial charge is 0.324 e. The van der Waals surface area contributed by atoms with Gasteiger partial charge < -0.3 is 14.8 Å². The van der Waals surface area contributed by atoms with Crippen molar-refractivity contribution in [1.29, 1.82) is 0 Å². The molecular formula is C20H21ClN2O6S. The highest BCUT2D eigenvalue weighted by Gasteiger charge is 2.40. The number of carbonyl (C=O) groups is 2. The number of hydrogen-bond acceptors (Lipinski definition) is 6. The van der Waals surface area contributed by atoms with Gasteiger partial charge in [-0.3, -0.25) is 9.59 Å². The first-order valence-corrected chi connectivity index (χ1v) is 11.0. The lowest BCUT2D eigenvalue weighted by molar-refractivity contribution is -0.150. The molecule has 1 saturated heterocycles. The Kier molecular flexibility index (Phi) is 6.96. The number of ether oxygens (including phenoxy) is 2. The summed E-state index contributed by atoms with van der Waals surface area (Å²) in [6.07, 6.45) is 0.844. The first-order chi connectivity index (χ1) is 14.3. The van der Waals surface area contributed by atoms with Crippen molar-refractivity contribution in [3.63, 3.8) is 0 Å². The molecule has 1 atom stereocenters. The summed E-state index contributed by atoms with van der Waals surface area (Å²) >= 11 is 5.82. The van der Waals surface area contributed by atoms with Gasteiger partial charge >= 0.3 is 5.97 Å². The van der Waals surface area contributed by atoms with Gasteiger partial charge in [0.2, 0.25) is 10.0 Å². The van der Waals surface area contributed by atoms with Crippen molar-refractivity contribution >= 4 is 39.2 Å². The van der Waals surface area contributed by atoms with Crippen molar-refractivity contribution in [1.82, 2.24) is 4.31 Å². The lowest BCUT2D eigenvalue weighted by Crippen LogP contribution is -2.42. The molecule has 1 amide bonds. The van der Waals surface area contributed by atoms with Crippen LogP contribution in [0.5, 0.6) is 5.75 Å². The van der Waals surface area contributed by atoms with E-state index in [9.17, 15) is 18.0 Å². The van der Waals surface area contributed by atoms with E-state index in [4.69, 9.17) is 21.1 Å². The zero-order chi connectivity index (χ0) is 21.7. The number of esters is 1.